The van der Waals surface area contributed by atoms with Crippen LogP contribution in [0.5, 0.6) is 0 Å². The zero-order valence-corrected chi connectivity index (χ0v) is 12.1. The molecular weight excluding hydrogens is 272 g/mol. The summed E-state index contributed by atoms with van der Waals surface area (Å²) in [5, 5.41) is 8.40. The van der Waals surface area contributed by atoms with Crippen molar-refractivity contribution in [3.05, 3.63) is 58.5 Å². The van der Waals surface area contributed by atoms with E-state index in [1.54, 1.807) is 4.52 Å². The first-order valence-corrected chi connectivity index (χ1v) is 6.80. The number of nitrogens with one attached hydrogen (secondary N) is 1. The summed E-state index contributed by atoms with van der Waals surface area (Å²) < 4.78 is 1.79. The molecule has 0 saturated carbocycles. The standard InChI is InChI=1S/C15H15ClN4/c1-10-3-4-14(13(16)5-10)17-7-12-8-18-15-6-11(2)19-20(15)9-12/h3-6,8-9,17H,7H2,1-2H3. The van der Waals surface area contributed by atoms with E-state index in [0.29, 0.717) is 6.54 Å². The highest BCUT2D eigenvalue weighted by molar-refractivity contribution is 6.33. The monoisotopic (exact) mass is 286 g/mol. The van der Waals surface area contributed by atoms with Crippen LogP contribution in [0.3, 0.4) is 0 Å². The van der Waals surface area contributed by atoms with Crippen LogP contribution in [0.4, 0.5) is 5.69 Å². The van der Waals surface area contributed by atoms with E-state index < -0.39 is 0 Å². The molecule has 0 atom stereocenters. The maximum atomic E-state index is 6.20. The number of hydrogen-bond acceptors (Lipinski definition) is 3. The van der Waals surface area contributed by atoms with Gasteiger partial charge in [0.05, 0.1) is 16.4 Å². The summed E-state index contributed by atoms with van der Waals surface area (Å²) in [4.78, 5) is 4.38. The van der Waals surface area contributed by atoms with Crippen molar-refractivity contribution in [2.45, 2.75) is 20.4 Å². The zero-order valence-electron chi connectivity index (χ0n) is 11.4. The molecule has 0 unspecified atom stereocenters. The number of fused-ring (bicyclic) bond motifs is 1. The molecule has 0 aliphatic carbocycles. The molecule has 0 aliphatic rings. The summed E-state index contributed by atoms with van der Waals surface area (Å²) in [5.74, 6) is 0. The Bertz CT molecular complexity index is 764. The molecule has 0 saturated heterocycles. The Morgan fingerprint density at radius 3 is 2.90 bits per heavy atom. The van der Waals surface area contributed by atoms with Crippen LogP contribution in [0.2, 0.25) is 5.02 Å². The Morgan fingerprint density at radius 2 is 2.10 bits per heavy atom. The Labute approximate surface area is 122 Å². The molecule has 1 aromatic carbocycles. The van der Waals surface area contributed by atoms with Crippen molar-refractivity contribution in [3.63, 3.8) is 0 Å². The quantitative estimate of drug-likeness (QED) is 0.800. The molecule has 2 aromatic heterocycles. The van der Waals surface area contributed by atoms with Crippen LogP contribution in [-0.4, -0.2) is 14.6 Å². The van der Waals surface area contributed by atoms with Crippen LogP contribution in [-0.2, 0) is 6.54 Å². The fourth-order valence-corrected chi connectivity index (χ4v) is 2.39. The highest BCUT2D eigenvalue weighted by Gasteiger charge is 2.03. The number of nitrogens with zero attached hydrogens (tertiary/aromatic N) is 3. The molecule has 0 spiro atoms. The third-order valence-corrected chi connectivity index (χ3v) is 3.41. The molecule has 2 heterocycles. The van der Waals surface area contributed by atoms with E-state index in [1.165, 1.54) is 0 Å². The highest BCUT2D eigenvalue weighted by Crippen LogP contribution is 2.23. The summed E-state index contributed by atoms with van der Waals surface area (Å²) in [6.45, 7) is 4.64. The molecule has 0 radical (unpaired) electrons. The molecule has 0 bridgehead atoms. The van der Waals surface area contributed by atoms with Gasteiger partial charge in [0.25, 0.3) is 0 Å². The van der Waals surface area contributed by atoms with E-state index in [4.69, 9.17) is 11.6 Å². The van der Waals surface area contributed by atoms with Crippen molar-refractivity contribution < 1.29 is 0 Å². The predicted molar refractivity (Wildman–Crippen MR) is 81.2 cm³/mol. The second-order valence-corrected chi connectivity index (χ2v) is 5.29. The smallest absolute Gasteiger partial charge is 0.155 e. The maximum Gasteiger partial charge on any atom is 0.155 e. The van der Waals surface area contributed by atoms with E-state index in [-0.39, 0.29) is 0 Å². The van der Waals surface area contributed by atoms with Crippen molar-refractivity contribution in [2.24, 2.45) is 0 Å². The van der Waals surface area contributed by atoms with Crippen molar-refractivity contribution >= 4 is 22.9 Å². The molecule has 3 aromatic rings. The van der Waals surface area contributed by atoms with E-state index in [1.807, 2.05) is 50.5 Å². The van der Waals surface area contributed by atoms with Crippen LogP contribution >= 0.6 is 11.6 Å². The Balaban J connectivity index is 1.79. The number of aromatic nitrogens is 3. The molecule has 102 valence electrons. The predicted octanol–water partition coefficient (Wildman–Crippen LogP) is 3.61. The lowest BCUT2D eigenvalue weighted by molar-refractivity contribution is 0.895. The molecule has 1 N–H and O–H groups in total. The normalized spacial score (nSPS) is 10.9. The number of halogens is 1. The number of aryl methyl sites for hydroxylation is 2. The first kappa shape index (κ1) is 12.9. The van der Waals surface area contributed by atoms with Gasteiger partial charge in [-0.05, 0) is 31.5 Å². The molecular formula is C15H15ClN4. The van der Waals surface area contributed by atoms with Gasteiger partial charge >= 0.3 is 0 Å². The summed E-state index contributed by atoms with van der Waals surface area (Å²) in [6.07, 6.45) is 3.83. The number of rotatable bonds is 3. The van der Waals surface area contributed by atoms with Crippen LogP contribution < -0.4 is 5.32 Å². The Morgan fingerprint density at radius 1 is 1.25 bits per heavy atom. The van der Waals surface area contributed by atoms with Gasteiger partial charge in [0.1, 0.15) is 0 Å². The van der Waals surface area contributed by atoms with Gasteiger partial charge in [-0.3, -0.25) is 0 Å². The van der Waals surface area contributed by atoms with E-state index >= 15 is 0 Å². The maximum absolute atomic E-state index is 6.20. The molecule has 20 heavy (non-hydrogen) atoms. The van der Waals surface area contributed by atoms with Crippen molar-refractivity contribution in [3.8, 4) is 0 Å². The minimum Gasteiger partial charge on any atom is -0.380 e. The minimum atomic E-state index is 0.657. The van der Waals surface area contributed by atoms with E-state index in [9.17, 15) is 0 Å². The summed E-state index contributed by atoms with van der Waals surface area (Å²) in [6, 6.07) is 7.92. The fourth-order valence-electron chi connectivity index (χ4n) is 2.09. The summed E-state index contributed by atoms with van der Waals surface area (Å²) in [5.41, 5.74) is 4.95. The molecule has 3 rings (SSSR count). The molecule has 4 nitrogen and oxygen atoms in total. The van der Waals surface area contributed by atoms with Gasteiger partial charge in [-0.1, -0.05) is 17.7 Å². The number of hydrogen-bond donors (Lipinski definition) is 1. The van der Waals surface area contributed by atoms with E-state index in [2.05, 4.69) is 15.4 Å². The lowest BCUT2D eigenvalue weighted by atomic mass is 10.2. The number of benzene rings is 1. The van der Waals surface area contributed by atoms with Gasteiger partial charge in [0.2, 0.25) is 0 Å². The first-order valence-electron chi connectivity index (χ1n) is 6.43. The second kappa shape index (κ2) is 5.13. The highest BCUT2D eigenvalue weighted by atomic mass is 35.5. The van der Waals surface area contributed by atoms with Gasteiger partial charge in [0.15, 0.2) is 5.65 Å². The van der Waals surface area contributed by atoms with Gasteiger partial charge in [-0.25, -0.2) is 9.50 Å². The Hall–Kier alpha value is -2.07. The van der Waals surface area contributed by atoms with Gasteiger partial charge < -0.3 is 5.32 Å². The average Bonchev–Trinajstić information content (AvgIpc) is 2.77. The van der Waals surface area contributed by atoms with Gasteiger partial charge in [0, 0.05) is 30.6 Å². The second-order valence-electron chi connectivity index (χ2n) is 4.89. The molecule has 5 heteroatoms. The van der Waals surface area contributed by atoms with Gasteiger partial charge in [-0.2, -0.15) is 5.10 Å². The van der Waals surface area contributed by atoms with Crippen molar-refractivity contribution in [1.82, 2.24) is 14.6 Å². The zero-order chi connectivity index (χ0) is 14.1. The Kier molecular flexibility index (Phi) is 3.32. The van der Waals surface area contributed by atoms with Gasteiger partial charge in [-0.15, -0.1) is 0 Å². The minimum absolute atomic E-state index is 0.657. The van der Waals surface area contributed by atoms with Crippen LogP contribution in [0.1, 0.15) is 16.8 Å². The first-order chi connectivity index (χ1) is 9.61. The van der Waals surface area contributed by atoms with Crippen LogP contribution in [0.25, 0.3) is 5.65 Å². The van der Waals surface area contributed by atoms with E-state index in [0.717, 1.165) is 33.2 Å². The van der Waals surface area contributed by atoms with Crippen LogP contribution in [0, 0.1) is 13.8 Å². The topological polar surface area (TPSA) is 42.2 Å². The SMILES string of the molecule is Cc1ccc(NCc2cnc3cc(C)nn3c2)c(Cl)c1. The largest absolute Gasteiger partial charge is 0.380 e. The molecule has 0 amide bonds. The number of anilines is 1. The van der Waals surface area contributed by atoms with Crippen LogP contribution in [0.15, 0.2) is 36.7 Å². The average molecular weight is 287 g/mol. The fraction of sp³-hybridized carbons (Fsp3) is 0.200. The lowest BCUT2D eigenvalue weighted by Crippen LogP contribution is -2.03. The lowest BCUT2D eigenvalue weighted by Gasteiger charge is -2.09. The third-order valence-electron chi connectivity index (χ3n) is 3.10. The van der Waals surface area contributed by atoms with Crippen molar-refractivity contribution in [2.75, 3.05) is 5.32 Å². The third kappa shape index (κ3) is 2.60. The molecule has 0 fully saturated rings. The molecule has 0 aliphatic heterocycles. The summed E-state index contributed by atoms with van der Waals surface area (Å²) >= 11 is 6.20. The van der Waals surface area contributed by atoms with Crippen molar-refractivity contribution in [1.29, 1.82) is 0 Å². The summed E-state index contributed by atoms with van der Waals surface area (Å²) in [7, 11) is 0.